The molecular formula is C12H14ClN. The molecule has 1 heterocycles. The topological polar surface area (TPSA) is 15.8 Å². The zero-order chi connectivity index (χ0) is 10.1. The summed E-state index contributed by atoms with van der Waals surface area (Å²) in [4.78, 5) is 3.43. The van der Waals surface area contributed by atoms with Crippen LogP contribution in [-0.4, -0.2) is 4.98 Å². The molecule has 0 aliphatic heterocycles. The van der Waals surface area contributed by atoms with Crippen LogP contribution in [0.4, 0.5) is 0 Å². The minimum Gasteiger partial charge on any atom is -0.358 e. The predicted octanol–water partition coefficient (Wildman–Crippen LogP) is 4.08. The van der Waals surface area contributed by atoms with Crippen LogP contribution in [0.3, 0.4) is 0 Å². The van der Waals surface area contributed by atoms with E-state index in [0.29, 0.717) is 0 Å². The highest BCUT2D eigenvalue weighted by molar-refractivity contribution is 6.31. The van der Waals surface area contributed by atoms with Crippen LogP contribution in [-0.2, 0) is 6.42 Å². The molecule has 74 valence electrons. The number of nitrogens with one attached hydrogen (secondary N) is 1. The molecule has 0 saturated heterocycles. The lowest BCUT2D eigenvalue weighted by molar-refractivity contribution is 0.888. The minimum atomic E-state index is 0.808. The van der Waals surface area contributed by atoms with Crippen molar-refractivity contribution in [3.05, 3.63) is 34.5 Å². The van der Waals surface area contributed by atoms with Crippen molar-refractivity contribution < 1.29 is 0 Å². The molecule has 14 heavy (non-hydrogen) atoms. The molecule has 0 fully saturated rings. The first-order chi connectivity index (χ1) is 6.72. The molecular weight excluding hydrogens is 194 g/mol. The van der Waals surface area contributed by atoms with Crippen LogP contribution in [0.2, 0.25) is 5.02 Å². The number of hydrogen-bond acceptors (Lipinski definition) is 0. The number of H-pyrrole nitrogens is 1. The van der Waals surface area contributed by atoms with Gasteiger partial charge in [-0.3, -0.25) is 0 Å². The largest absolute Gasteiger partial charge is 0.358 e. The molecule has 0 amide bonds. The normalized spacial score (nSPS) is 11.1. The zero-order valence-corrected chi connectivity index (χ0v) is 9.28. The molecule has 2 heteroatoms. The monoisotopic (exact) mass is 207 g/mol. The number of aromatic amines is 1. The van der Waals surface area contributed by atoms with Crippen molar-refractivity contribution in [1.29, 1.82) is 0 Å². The van der Waals surface area contributed by atoms with Crippen LogP contribution < -0.4 is 0 Å². The quantitative estimate of drug-likeness (QED) is 0.764. The van der Waals surface area contributed by atoms with E-state index in [9.17, 15) is 0 Å². The number of aryl methyl sites for hydroxylation is 2. The Morgan fingerprint density at radius 1 is 1.36 bits per heavy atom. The van der Waals surface area contributed by atoms with Gasteiger partial charge in [-0.25, -0.2) is 0 Å². The van der Waals surface area contributed by atoms with Crippen molar-refractivity contribution in [3.8, 4) is 0 Å². The molecule has 0 bridgehead atoms. The van der Waals surface area contributed by atoms with Gasteiger partial charge in [0, 0.05) is 21.6 Å². The average molecular weight is 208 g/mol. The highest BCUT2D eigenvalue weighted by atomic mass is 35.5. The SMILES string of the molecule is CCCc1[nH]c2ccc(Cl)cc2c1C. The lowest BCUT2D eigenvalue weighted by Gasteiger charge is -1.95. The first kappa shape index (κ1) is 9.60. The van der Waals surface area contributed by atoms with Gasteiger partial charge in [0.2, 0.25) is 0 Å². The van der Waals surface area contributed by atoms with Crippen LogP contribution in [0.15, 0.2) is 18.2 Å². The third-order valence-corrected chi connectivity index (χ3v) is 2.86. The molecule has 0 aliphatic rings. The van der Waals surface area contributed by atoms with E-state index in [1.807, 2.05) is 18.2 Å². The second kappa shape index (κ2) is 3.66. The molecule has 0 unspecified atom stereocenters. The molecule has 0 saturated carbocycles. The molecule has 1 N–H and O–H groups in total. The summed E-state index contributed by atoms with van der Waals surface area (Å²) in [6, 6.07) is 6.00. The summed E-state index contributed by atoms with van der Waals surface area (Å²) in [5.74, 6) is 0. The molecule has 0 aliphatic carbocycles. The van der Waals surface area contributed by atoms with E-state index in [2.05, 4.69) is 18.8 Å². The fourth-order valence-electron chi connectivity index (χ4n) is 1.85. The molecule has 1 aromatic carbocycles. The fourth-order valence-corrected chi connectivity index (χ4v) is 2.03. The Bertz CT molecular complexity index is 457. The fraction of sp³-hybridized carbons (Fsp3) is 0.333. The Morgan fingerprint density at radius 3 is 2.86 bits per heavy atom. The first-order valence-corrected chi connectivity index (χ1v) is 5.37. The third-order valence-electron chi connectivity index (χ3n) is 2.62. The van der Waals surface area contributed by atoms with Gasteiger partial charge in [-0.15, -0.1) is 0 Å². The van der Waals surface area contributed by atoms with Gasteiger partial charge in [0.1, 0.15) is 0 Å². The first-order valence-electron chi connectivity index (χ1n) is 4.99. The van der Waals surface area contributed by atoms with Crippen LogP contribution in [0, 0.1) is 6.92 Å². The van der Waals surface area contributed by atoms with Gasteiger partial charge in [0.05, 0.1) is 0 Å². The second-order valence-electron chi connectivity index (χ2n) is 3.67. The highest BCUT2D eigenvalue weighted by Gasteiger charge is 2.06. The lowest BCUT2D eigenvalue weighted by atomic mass is 10.1. The summed E-state index contributed by atoms with van der Waals surface area (Å²) in [6.45, 7) is 4.35. The summed E-state index contributed by atoms with van der Waals surface area (Å²) >= 11 is 5.96. The van der Waals surface area contributed by atoms with E-state index in [4.69, 9.17) is 11.6 Å². The highest BCUT2D eigenvalue weighted by Crippen LogP contribution is 2.25. The Kier molecular flexibility index (Phi) is 2.51. The van der Waals surface area contributed by atoms with Crippen molar-refractivity contribution >= 4 is 22.5 Å². The van der Waals surface area contributed by atoms with Gasteiger partial charge in [-0.1, -0.05) is 24.9 Å². The summed E-state index contributed by atoms with van der Waals surface area (Å²) in [5, 5.41) is 2.06. The van der Waals surface area contributed by atoms with E-state index in [1.54, 1.807) is 0 Å². The molecule has 0 atom stereocenters. The van der Waals surface area contributed by atoms with E-state index < -0.39 is 0 Å². The van der Waals surface area contributed by atoms with Crippen LogP contribution >= 0.6 is 11.6 Å². The number of aromatic nitrogens is 1. The van der Waals surface area contributed by atoms with E-state index in [1.165, 1.54) is 28.6 Å². The molecule has 0 spiro atoms. The van der Waals surface area contributed by atoms with Gasteiger partial charge < -0.3 is 4.98 Å². The molecule has 2 aromatic rings. The van der Waals surface area contributed by atoms with E-state index >= 15 is 0 Å². The van der Waals surface area contributed by atoms with Gasteiger partial charge in [-0.2, -0.15) is 0 Å². The standard InChI is InChI=1S/C12H14ClN/c1-3-4-11-8(2)10-7-9(13)5-6-12(10)14-11/h5-7,14H,3-4H2,1-2H3. The Hall–Kier alpha value is -0.950. The average Bonchev–Trinajstić information content (AvgIpc) is 2.46. The van der Waals surface area contributed by atoms with E-state index in [-0.39, 0.29) is 0 Å². The molecule has 1 nitrogen and oxygen atoms in total. The summed E-state index contributed by atoms with van der Waals surface area (Å²) in [7, 11) is 0. The number of hydrogen-bond donors (Lipinski definition) is 1. The smallest absolute Gasteiger partial charge is 0.0459 e. The Morgan fingerprint density at radius 2 is 2.14 bits per heavy atom. The van der Waals surface area contributed by atoms with Crippen LogP contribution in [0.1, 0.15) is 24.6 Å². The van der Waals surface area contributed by atoms with Crippen LogP contribution in [0.25, 0.3) is 10.9 Å². The number of halogens is 1. The summed E-state index contributed by atoms with van der Waals surface area (Å²) < 4.78 is 0. The maximum absolute atomic E-state index is 5.96. The molecule has 0 radical (unpaired) electrons. The molecule has 1 aromatic heterocycles. The van der Waals surface area contributed by atoms with E-state index in [0.717, 1.165) is 11.4 Å². The zero-order valence-electron chi connectivity index (χ0n) is 8.52. The number of rotatable bonds is 2. The van der Waals surface area contributed by atoms with Crippen molar-refractivity contribution in [2.45, 2.75) is 26.7 Å². The van der Waals surface area contributed by atoms with Crippen molar-refractivity contribution in [1.82, 2.24) is 4.98 Å². The minimum absolute atomic E-state index is 0.808. The van der Waals surface area contributed by atoms with Crippen LogP contribution in [0.5, 0.6) is 0 Å². The number of fused-ring (bicyclic) bond motifs is 1. The maximum Gasteiger partial charge on any atom is 0.0459 e. The van der Waals surface area contributed by atoms with Crippen molar-refractivity contribution in [2.75, 3.05) is 0 Å². The molecule has 2 rings (SSSR count). The van der Waals surface area contributed by atoms with Crippen molar-refractivity contribution in [3.63, 3.8) is 0 Å². The maximum atomic E-state index is 5.96. The number of benzene rings is 1. The van der Waals surface area contributed by atoms with Gasteiger partial charge in [0.15, 0.2) is 0 Å². The van der Waals surface area contributed by atoms with Gasteiger partial charge in [-0.05, 0) is 37.1 Å². The Labute approximate surface area is 89.1 Å². The Balaban J connectivity index is 2.62. The summed E-state index contributed by atoms with van der Waals surface area (Å²) in [6.07, 6.45) is 2.28. The van der Waals surface area contributed by atoms with Crippen molar-refractivity contribution in [2.24, 2.45) is 0 Å². The lowest BCUT2D eigenvalue weighted by Crippen LogP contribution is -1.84. The summed E-state index contributed by atoms with van der Waals surface area (Å²) in [5.41, 5.74) is 3.87. The third kappa shape index (κ3) is 1.53. The predicted molar refractivity (Wildman–Crippen MR) is 62.0 cm³/mol. The van der Waals surface area contributed by atoms with Gasteiger partial charge in [0.25, 0.3) is 0 Å². The second-order valence-corrected chi connectivity index (χ2v) is 4.10. The van der Waals surface area contributed by atoms with Gasteiger partial charge >= 0.3 is 0 Å².